The molecule has 3 aliphatic rings. The van der Waals surface area contributed by atoms with Crippen LogP contribution >= 0.6 is 11.6 Å². The minimum atomic E-state index is -0.0568. The molecule has 1 saturated carbocycles. The molecule has 142 valence electrons. The number of hydrogen-bond acceptors (Lipinski definition) is 3. The van der Waals surface area contributed by atoms with Gasteiger partial charge in [0.05, 0.1) is 11.3 Å². The number of nitrogens with zero attached hydrogens (tertiary/aromatic N) is 3. The Bertz CT molecular complexity index is 974. The standard InChI is InChI=1S/C20H22ClN3O3/c21-19-18(20(26)24-9-3-1-2-8-23(19)24)14-6-7-16-15(10-14)22(11-13-4-5-13)17(25)12-27-16/h6-7,10,13H,1-5,8-9,11-12H2. The Balaban J connectivity index is 1.60. The van der Waals surface area contributed by atoms with Crippen molar-refractivity contribution in [1.82, 2.24) is 9.36 Å². The summed E-state index contributed by atoms with van der Waals surface area (Å²) in [7, 11) is 0. The Morgan fingerprint density at radius 3 is 2.63 bits per heavy atom. The van der Waals surface area contributed by atoms with E-state index in [1.165, 1.54) is 12.8 Å². The highest BCUT2D eigenvalue weighted by Gasteiger charge is 2.32. The fraction of sp³-hybridized carbons (Fsp3) is 0.500. The van der Waals surface area contributed by atoms with E-state index in [1.54, 1.807) is 4.68 Å². The maximum absolute atomic E-state index is 13.0. The topological polar surface area (TPSA) is 56.5 Å². The summed E-state index contributed by atoms with van der Waals surface area (Å²) in [5.74, 6) is 1.24. The van der Waals surface area contributed by atoms with Gasteiger partial charge in [-0.2, -0.15) is 0 Å². The number of halogens is 1. The molecule has 1 aliphatic carbocycles. The number of carbonyl (C=O) groups excluding carboxylic acids is 1. The number of ether oxygens (including phenoxy) is 1. The number of benzene rings is 1. The highest BCUT2D eigenvalue weighted by molar-refractivity contribution is 6.32. The van der Waals surface area contributed by atoms with Gasteiger partial charge >= 0.3 is 0 Å². The summed E-state index contributed by atoms with van der Waals surface area (Å²) in [6.07, 6.45) is 5.45. The van der Waals surface area contributed by atoms with Crippen LogP contribution in [0, 0.1) is 5.92 Å². The maximum atomic E-state index is 13.0. The fourth-order valence-corrected chi connectivity index (χ4v) is 4.43. The van der Waals surface area contributed by atoms with E-state index in [4.69, 9.17) is 16.3 Å². The number of hydrogen-bond donors (Lipinski definition) is 0. The van der Waals surface area contributed by atoms with Crippen molar-refractivity contribution in [3.05, 3.63) is 33.7 Å². The predicted octanol–water partition coefficient (Wildman–Crippen LogP) is 3.29. The molecule has 5 rings (SSSR count). The van der Waals surface area contributed by atoms with E-state index in [0.29, 0.717) is 28.9 Å². The summed E-state index contributed by atoms with van der Waals surface area (Å²) < 4.78 is 9.26. The minimum absolute atomic E-state index is 0.0259. The lowest BCUT2D eigenvalue weighted by Gasteiger charge is -2.29. The molecule has 0 unspecified atom stereocenters. The molecule has 7 heteroatoms. The highest BCUT2D eigenvalue weighted by Crippen LogP contribution is 2.40. The van der Waals surface area contributed by atoms with E-state index in [-0.39, 0.29) is 18.1 Å². The van der Waals surface area contributed by atoms with Gasteiger partial charge in [0.1, 0.15) is 10.9 Å². The second-order valence-electron chi connectivity index (χ2n) is 7.70. The minimum Gasteiger partial charge on any atom is -0.482 e. The van der Waals surface area contributed by atoms with Gasteiger partial charge in [0, 0.05) is 19.6 Å². The lowest BCUT2D eigenvalue weighted by molar-refractivity contribution is -0.121. The average Bonchev–Trinajstić information content (AvgIpc) is 3.47. The zero-order valence-electron chi connectivity index (χ0n) is 15.1. The van der Waals surface area contributed by atoms with Gasteiger partial charge in [-0.1, -0.05) is 17.7 Å². The Morgan fingerprint density at radius 1 is 1.07 bits per heavy atom. The van der Waals surface area contributed by atoms with Gasteiger partial charge in [0.25, 0.3) is 11.5 Å². The summed E-state index contributed by atoms with van der Waals surface area (Å²) >= 11 is 6.63. The normalized spacial score (nSPS) is 19.3. The lowest BCUT2D eigenvalue weighted by atomic mass is 10.1. The molecule has 1 amide bonds. The van der Waals surface area contributed by atoms with Crippen LogP contribution in [0.15, 0.2) is 23.0 Å². The van der Waals surface area contributed by atoms with E-state index in [1.807, 2.05) is 27.8 Å². The van der Waals surface area contributed by atoms with Crippen LogP contribution in [0.25, 0.3) is 11.1 Å². The molecular formula is C20H22ClN3O3. The second-order valence-corrected chi connectivity index (χ2v) is 8.05. The van der Waals surface area contributed by atoms with Crippen molar-refractivity contribution >= 4 is 23.2 Å². The summed E-state index contributed by atoms with van der Waals surface area (Å²) in [4.78, 5) is 27.3. The Kier molecular flexibility index (Phi) is 4.04. The van der Waals surface area contributed by atoms with Gasteiger partial charge in [-0.25, -0.2) is 4.68 Å². The number of aromatic nitrogens is 2. The predicted molar refractivity (Wildman–Crippen MR) is 104 cm³/mol. The fourth-order valence-electron chi connectivity index (χ4n) is 4.06. The first-order valence-corrected chi connectivity index (χ1v) is 10.1. The van der Waals surface area contributed by atoms with E-state index in [0.717, 1.165) is 43.6 Å². The molecule has 6 nitrogen and oxygen atoms in total. The maximum Gasteiger partial charge on any atom is 0.276 e. The number of carbonyl (C=O) groups is 1. The van der Waals surface area contributed by atoms with Crippen molar-refractivity contribution < 1.29 is 9.53 Å². The second kappa shape index (κ2) is 6.44. The third kappa shape index (κ3) is 2.87. The third-order valence-corrected chi connectivity index (χ3v) is 6.12. The van der Waals surface area contributed by atoms with Gasteiger partial charge in [0.15, 0.2) is 6.61 Å². The van der Waals surface area contributed by atoms with Gasteiger partial charge in [-0.05, 0) is 55.7 Å². The SMILES string of the molecule is O=C1COc2ccc(-c3c(Cl)n4n(c3=O)CCCCC4)cc2N1CC1CC1. The summed E-state index contributed by atoms with van der Waals surface area (Å²) in [5, 5.41) is 0.485. The molecule has 2 aliphatic heterocycles. The van der Waals surface area contributed by atoms with E-state index >= 15 is 0 Å². The quantitative estimate of drug-likeness (QED) is 0.812. The molecular weight excluding hydrogens is 366 g/mol. The molecule has 2 aromatic rings. The first-order valence-electron chi connectivity index (χ1n) is 9.70. The van der Waals surface area contributed by atoms with E-state index in [2.05, 4.69) is 0 Å². The van der Waals surface area contributed by atoms with Crippen LogP contribution in [0.5, 0.6) is 5.75 Å². The average molecular weight is 388 g/mol. The van der Waals surface area contributed by atoms with Gasteiger partial charge < -0.3 is 9.64 Å². The summed E-state index contributed by atoms with van der Waals surface area (Å²) in [6.45, 7) is 2.24. The van der Waals surface area contributed by atoms with Gasteiger partial charge in [-0.3, -0.25) is 14.3 Å². The van der Waals surface area contributed by atoms with Crippen molar-refractivity contribution in [2.45, 2.75) is 45.2 Å². The Hall–Kier alpha value is -2.21. The zero-order chi connectivity index (χ0) is 18.5. The highest BCUT2D eigenvalue weighted by atomic mass is 35.5. The Morgan fingerprint density at radius 2 is 1.85 bits per heavy atom. The summed E-state index contributed by atoms with van der Waals surface area (Å²) in [6, 6.07) is 5.60. The number of rotatable bonds is 3. The molecule has 0 radical (unpaired) electrons. The zero-order valence-corrected chi connectivity index (χ0v) is 15.9. The largest absolute Gasteiger partial charge is 0.482 e. The van der Waals surface area contributed by atoms with Crippen LogP contribution in [0.2, 0.25) is 5.15 Å². The number of anilines is 1. The molecule has 1 aromatic heterocycles. The molecule has 0 saturated heterocycles. The Labute approximate surface area is 162 Å². The summed E-state index contributed by atoms with van der Waals surface area (Å²) in [5.41, 5.74) is 1.96. The van der Waals surface area contributed by atoms with Crippen LogP contribution in [-0.2, 0) is 17.9 Å². The van der Waals surface area contributed by atoms with Gasteiger partial charge in [0.2, 0.25) is 0 Å². The van der Waals surface area contributed by atoms with Gasteiger partial charge in [-0.15, -0.1) is 0 Å². The molecule has 3 heterocycles. The third-order valence-electron chi connectivity index (χ3n) is 5.74. The lowest BCUT2D eigenvalue weighted by Crippen LogP contribution is -2.40. The number of amides is 1. The molecule has 27 heavy (non-hydrogen) atoms. The molecule has 0 atom stereocenters. The van der Waals surface area contributed by atoms with Crippen LogP contribution in [-0.4, -0.2) is 28.4 Å². The molecule has 1 fully saturated rings. The van der Waals surface area contributed by atoms with Crippen LogP contribution < -0.4 is 15.2 Å². The monoisotopic (exact) mass is 387 g/mol. The van der Waals surface area contributed by atoms with Crippen LogP contribution in [0.4, 0.5) is 5.69 Å². The van der Waals surface area contributed by atoms with E-state index in [9.17, 15) is 9.59 Å². The number of fused-ring (bicyclic) bond motifs is 2. The van der Waals surface area contributed by atoms with Crippen molar-refractivity contribution in [2.24, 2.45) is 5.92 Å². The van der Waals surface area contributed by atoms with Crippen LogP contribution in [0.1, 0.15) is 32.1 Å². The first-order chi connectivity index (χ1) is 13.1. The van der Waals surface area contributed by atoms with Crippen molar-refractivity contribution in [2.75, 3.05) is 18.1 Å². The molecule has 0 spiro atoms. The van der Waals surface area contributed by atoms with Crippen molar-refractivity contribution in [3.63, 3.8) is 0 Å². The van der Waals surface area contributed by atoms with Crippen molar-refractivity contribution in [1.29, 1.82) is 0 Å². The molecule has 1 aromatic carbocycles. The van der Waals surface area contributed by atoms with E-state index < -0.39 is 0 Å². The van der Waals surface area contributed by atoms with Crippen molar-refractivity contribution in [3.8, 4) is 16.9 Å². The first kappa shape index (κ1) is 16.9. The van der Waals surface area contributed by atoms with Crippen LogP contribution in [0.3, 0.4) is 0 Å². The molecule has 0 bridgehead atoms. The molecule has 0 N–H and O–H groups in total. The smallest absolute Gasteiger partial charge is 0.276 e.